The third-order valence-corrected chi connectivity index (χ3v) is 5.88. The highest BCUT2D eigenvalue weighted by atomic mass is 16.5. The number of amides is 1. The van der Waals surface area contributed by atoms with E-state index in [1.807, 2.05) is 34.9 Å². The minimum Gasteiger partial charge on any atom is -0.497 e. The Kier molecular flexibility index (Phi) is 4.55. The van der Waals surface area contributed by atoms with Gasteiger partial charge in [0.1, 0.15) is 11.6 Å². The predicted octanol–water partition coefficient (Wildman–Crippen LogP) is 2.44. The van der Waals surface area contributed by atoms with E-state index in [1.54, 1.807) is 19.6 Å². The Balaban J connectivity index is 1.27. The van der Waals surface area contributed by atoms with Gasteiger partial charge >= 0.3 is 0 Å². The number of hydrogen-bond acceptors (Lipinski definition) is 6. The lowest BCUT2D eigenvalue weighted by molar-refractivity contribution is 0.100. The lowest BCUT2D eigenvalue weighted by Crippen LogP contribution is -2.31. The van der Waals surface area contributed by atoms with Crippen LogP contribution in [0.3, 0.4) is 0 Å². The maximum atomic E-state index is 12.8. The van der Waals surface area contributed by atoms with Crippen molar-refractivity contribution in [3.05, 3.63) is 60.1 Å². The number of likely N-dealkylation sites (tertiary alicyclic amines) is 1. The number of aromatic nitrogens is 3. The maximum absolute atomic E-state index is 12.8. The first kappa shape index (κ1) is 17.9. The molecule has 4 heterocycles. The molecule has 0 spiro atoms. The molecule has 0 aliphatic carbocycles. The molecule has 1 saturated heterocycles. The maximum Gasteiger partial charge on any atom is 0.293 e. The van der Waals surface area contributed by atoms with Crippen LogP contribution in [0.25, 0.3) is 0 Å². The lowest BCUT2D eigenvalue weighted by Gasteiger charge is -2.25. The van der Waals surface area contributed by atoms with Crippen LogP contribution in [0.15, 0.2) is 47.3 Å². The highest BCUT2D eigenvalue weighted by Gasteiger charge is 2.39. The smallest absolute Gasteiger partial charge is 0.293 e. The Bertz CT molecular complexity index is 996. The molecule has 150 valence electrons. The Labute approximate surface area is 168 Å². The summed E-state index contributed by atoms with van der Waals surface area (Å²) in [6.45, 7) is 3.72. The van der Waals surface area contributed by atoms with Gasteiger partial charge in [-0.25, -0.2) is 0 Å². The number of benzene rings is 1. The molecule has 1 amide bonds. The minimum atomic E-state index is -0.236. The summed E-state index contributed by atoms with van der Waals surface area (Å²) in [6.07, 6.45) is 4.38. The number of nitrogens with zero attached hydrogens (tertiary/aromatic N) is 4. The van der Waals surface area contributed by atoms with E-state index in [9.17, 15) is 4.79 Å². The molecule has 2 unspecified atom stereocenters. The number of fused-ring (bicyclic) bond motifs is 2. The normalized spacial score (nSPS) is 20.9. The summed E-state index contributed by atoms with van der Waals surface area (Å²) >= 11 is 0. The quantitative estimate of drug-likeness (QED) is 0.717. The third-order valence-electron chi connectivity index (χ3n) is 5.88. The first-order valence-electron chi connectivity index (χ1n) is 9.80. The van der Waals surface area contributed by atoms with E-state index in [0.29, 0.717) is 23.3 Å². The number of furan rings is 1. The van der Waals surface area contributed by atoms with Crippen LogP contribution in [-0.4, -0.2) is 45.8 Å². The van der Waals surface area contributed by atoms with Gasteiger partial charge < -0.3 is 19.0 Å². The fourth-order valence-corrected chi connectivity index (χ4v) is 4.42. The van der Waals surface area contributed by atoms with E-state index in [4.69, 9.17) is 9.15 Å². The van der Waals surface area contributed by atoms with Gasteiger partial charge in [-0.05, 0) is 42.2 Å². The monoisotopic (exact) mass is 393 g/mol. The number of carbonyl (C=O) groups excluding carboxylic acids is 1. The van der Waals surface area contributed by atoms with Crippen LogP contribution >= 0.6 is 0 Å². The zero-order chi connectivity index (χ0) is 19.8. The summed E-state index contributed by atoms with van der Waals surface area (Å²) in [6, 6.07) is 9.26. The van der Waals surface area contributed by atoms with Gasteiger partial charge in [-0.3, -0.25) is 9.69 Å². The molecule has 0 saturated carbocycles. The van der Waals surface area contributed by atoms with Gasteiger partial charge in [-0.15, -0.1) is 10.2 Å². The highest BCUT2D eigenvalue weighted by Crippen LogP contribution is 2.33. The fourth-order valence-electron chi connectivity index (χ4n) is 4.42. The second kappa shape index (κ2) is 7.36. The summed E-state index contributed by atoms with van der Waals surface area (Å²) in [5.41, 5.74) is 1.90. The first-order chi connectivity index (χ1) is 14.2. The molecular formula is C21H23N5O3. The van der Waals surface area contributed by atoms with Gasteiger partial charge in [0.2, 0.25) is 5.82 Å². The highest BCUT2D eigenvalue weighted by molar-refractivity contribution is 6.01. The molecular weight excluding hydrogens is 370 g/mol. The molecule has 0 bridgehead atoms. The van der Waals surface area contributed by atoms with E-state index >= 15 is 0 Å². The van der Waals surface area contributed by atoms with Gasteiger partial charge in [0.25, 0.3) is 5.91 Å². The first-order valence-corrected chi connectivity index (χ1v) is 9.80. The predicted molar refractivity (Wildman–Crippen MR) is 106 cm³/mol. The molecule has 2 aromatic heterocycles. The number of methoxy groups -OCH3 is 1. The number of rotatable bonds is 5. The van der Waals surface area contributed by atoms with Crippen LogP contribution < -0.4 is 10.1 Å². The molecule has 1 fully saturated rings. The molecule has 8 heteroatoms. The van der Waals surface area contributed by atoms with Gasteiger partial charge in [0.15, 0.2) is 0 Å². The standard InChI is InChI=1S/C21H23N5O3/c1-28-18-4-2-17(3-5-18)22-21(27)20-24-23-19-8-15-10-25(9-14-6-7-29-13-14)11-16(15)12-26(19)20/h2-7,13,15-16H,8-12H2,1H3,(H,22,27). The van der Waals surface area contributed by atoms with Crippen LogP contribution in [0.4, 0.5) is 5.69 Å². The second-order valence-electron chi connectivity index (χ2n) is 7.78. The minimum absolute atomic E-state index is 0.236. The van der Waals surface area contributed by atoms with Crippen molar-refractivity contribution in [2.24, 2.45) is 11.8 Å². The number of carbonyl (C=O) groups is 1. The average molecular weight is 393 g/mol. The van der Waals surface area contributed by atoms with Crippen molar-refractivity contribution in [3.8, 4) is 5.75 Å². The van der Waals surface area contributed by atoms with E-state index in [2.05, 4.69) is 20.4 Å². The molecule has 1 aromatic carbocycles. The topological polar surface area (TPSA) is 85.4 Å². The van der Waals surface area contributed by atoms with Crippen molar-refractivity contribution in [1.82, 2.24) is 19.7 Å². The lowest BCUT2D eigenvalue weighted by atomic mass is 9.89. The summed E-state index contributed by atoms with van der Waals surface area (Å²) < 4.78 is 12.3. The zero-order valence-corrected chi connectivity index (χ0v) is 16.2. The van der Waals surface area contributed by atoms with Crippen molar-refractivity contribution in [2.75, 3.05) is 25.5 Å². The Morgan fingerprint density at radius 1 is 1.17 bits per heavy atom. The van der Waals surface area contributed by atoms with Crippen molar-refractivity contribution in [1.29, 1.82) is 0 Å². The van der Waals surface area contributed by atoms with Gasteiger partial charge in [-0.1, -0.05) is 0 Å². The largest absolute Gasteiger partial charge is 0.497 e. The van der Waals surface area contributed by atoms with Crippen molar-refractivity contribution < 1.29 is 13.9 Å². The Hall–Kier alpha value is -3.13. The summed E-state index contributed by atoms with van der Waals surface area (Å²) in [5, 5.41) is 11.4. The second-order valence-corrected chi connectivity index (χ2v) is 7.78. The van der Waals surface area contributed by atoms with E-state index < -0.39 is 0 Å². The SMILES string of the molecule is COc1ccc(NC(=O)c2nnc3n2CC2CN(Cc4ccoc4)CC2C3)cc1. The number of nitrogens with one attached hydrogen (secondary N) is 1. The molecule has 3 aromatic rings. The molecule has 2 atom stereocenters. The van der Waals surface area contributed by atoms with Gasteiger partial charge in [-0.2, -0.15) is 0 Å². The van der Waals surface area contributed by atoms with Crippen molar-refractivity contribution in [3.63, 3.8) is 0 Å². The molecule has 8 nitrogen and oxygen atoms in total. The Morgan fingerprint density at radius 3 is 2.76 bits per heavy atom. The Morgan fingerprint density at radius 2 is 2.00 bits per heavy atom. The van der Waals surface area contributed by atoms with Gasteiger partial charge in [0.05, 0.1) is 19.6 Å². The summed E-state index contributed by atoms with van der Waals surface area (Å²) in [5.74, 6) is 2.84. The fraction of sp³-hybridized carbons (Fsp3) is 0.381. The number of ether oxygens (including phenoxy) is 1. The van der Waals surface area contributed by atoms with Crippen LogP contribution in [0.1, 0.15) is 22.0 Å². The van der Waals surface area contributed by atoms with Crippen molar-refractivity contribution in [2.45, 2.75) is 19.5 Å². The summed E-state index contributed by atoms with van der Waals surface area (Å²) in [7, 11) is 1.61. The number of anilines is 1. The molecule has 29 heavy (non-hydrogen) atoms. The average Bonchev–Trinajstić information content (AvgIpc) is 3.46. The van der Waals surface area contributed by atoms with E-state index in [-0.39, 0.29) is 5.91 Å². The van der Waals surface area contributed by atoms with Crippen LogP contribution in [0.5, 0.6) is 5.75 Å². The van der Waals surface area contributed by atoms with Crippen LogP contribution in [-0.2, 0) is 19.5 Å². The molecule has 5 rings (SSSR count). The van der Waals surface area contributed by atoms with Crippen LogP contribution in [0, 0.1) is 11.8 Å². The zero-order valence-electron chi connectivity index (χ0n) is 16.2. The van der Waals surface area contributed by atoms with Gasteiger partial charge in [0, 0.05) is 43.9 Å². The van der Waals surface area contributed by atoms with Crippen LogP contribution in [0.2, 0.25) is 0 Å². The molecule has 1 N–H and O–H groups in total. The number of hydrogen-bond donors (Lipinski definition) is 1. The van der Waals surface area contributed by atoms with E-state index in [0.717, 1.165) is 44.2 Å². The third kappa shape index (κ3) is 3.51. The summed E-state index contributed by atoms with van der Waals surface area (Å²) in [4.78, 5) is 15.2. The molecule has 2 aliphatic heterocycles. The van der Waals surface area contributed by atoms with E-state index in [1.165, 1.54) is 5.56 Å². The molecule has 2 aliphatic rings. The molecule has 0 radical (unpaired) electrons. The van der Waals surface area contributed by atoms with Crippen molar-refractivity contribution >= 4 is 11.6 Å².